The van der Waals surface area contributed by atoms with Gasteiger partial charge in [-0.25, -0.2) is 13.8 Å². The van der Waals surface area contributed by atoms with Gasteiger partial charge in [-0.2, -0.15) is 0 Å². The monoisotopic (exact) mass is 510 g/mol. The largest absolute Gasteiger partial charge is 0.367 e. The van der Waals surface area contributed by atoms with Gasteiger partial charge in [0.1, 0.15) is 23.3 Å². The summed E-state index contributed by atoms with van der Waals surface area (Å²) in [5.74, 6) is -1.30. The Hall–Kier alpha value is -3.59. The molecule has 196 valence electrons. The van der Waals surface area contributed by atoms with Crippen LogP contribution >= 0.6 is 0 Å². The zero-order chi connectivity index (χ0) is 26.3. The molecule has 0 radical (unpaired) electrons. The summed E-state index contributed by atoms with van der Waals surface area (Å²) >= 11 is 0. The Labute approximate surface area is 215 Å². The lowest BCUT2D eigenvalue weighted by Gasteiger charge is -2.51. The quantitative estimate of drug-likeness (QED) is 0.362. The molecule has 0 bridgehead atoms. The molecule has 2 N–H and O–H groups in total. The van der Waals surface area contributed by atoms with Gasteiger partial charge >= 0.3 is 0 Å². The average molecular weight is 511 g/mol. The topological polar surface area (TPSA) is 87.3 Å². The van der Waals surface area contributed by atoms with Crippen molar-refractivity contribution in [3.63, 3.8) is 0 Å². The number of benzene rings is 2. The number of likely N-dealkylation sites (tertiary alicyclic amines) is 1. The number of imidazole rings is 1. The number of carbonyl (C=O) groups is 2. The number of unbranched alkanes of at least 4 members (excludes halogenated alkanes) is 1. The van der Waals surface area contributed by atoms with E-state index in [1.165, 1.54) is 24.3 Å². The summed E-state index contributed by atoms with van der Waals surface area (Å²) < 4.78 is 33.6. The maximum atomic E-state index is 13.8. The van der Waals surface area contributed by atoms with Crippen LogP contribution in [0.1, 0.15) is 43.0 Å². The molecule has 0 saturated carbocycles. The van der Waals surface area contributed by atoms with Gasteiger partial charge in [-0.3, -0.25) is 9.59 Å². The molecule has 3 aromatic rings. The summed E-state index contributed by atoms with van der Waals surface area (Å²) in [6.07, 6.45) is 5.81. The molecule has 9 heteroatoms. The minimum Gasteiger partial charge on any atom is -0.367 e. The van der Waals surface area contributed by atoms with E-state index in [0.717, 1.165) is 24.1 Å². The number of aryl methyl sites for hydroxylation is 1. The van der Waals surface area contributed by atoms with Crippen molar-refractivity contribution >= 4 is 11.8 Å². The molecule has 1 aromatic heterocycles. The first kappa shape index (κ1) is 26.5. The van der Waals surface area contributed by atoms with E-state index >= 15 is 0 Å². The van der Waals surface area contributed by atoms with Crippen molar-refractivity contribution in [2.24, 2.45) is 0 Å². The van der Waals surface area contributed by atoms with Gasteiger partial charge in [0.05, 0.1) is 19.4 Å². The number of nitrogens with zero attached hydrogens (tertiary/aromatic N) is 2. The summed E-state index contributed by atoms with van der Waals surface area (Å²) in [7, 11) is 0. The fourth-order valence-corrected chi connectivity index (χ4v) is 4.51. The molecule has 0 unspecified atom stereocenters. The number of aromatic nitrogens is 2. The summed E-state index contributed by atoms with van der Waals surface area (Å²) in [4.78, 5) is 34.9. The fourth-order valence-electron chi connectivity index (χ4n) is 4.51. The number of rotatable bonds is 12. The minimum absolute atomic E-state index is 0.156. The highest BCUT2D eigenvalue weighted by atomic mass is 19.1. The highest BCUT2D eigenvalue weighted by Crippen LogP contribution is 2.37. The van der Waals surface area contributed by atoms with Crippen LogP contribution in [0.15, 0.2) is 61.1 Å². The van der Waals surface area contributed by atoms with Crippen molar-refractivity contribution < 1.29 is 23.1 Å². The van der Waals surface area contributed by atoms with E-state index in [2.05, 4.69) is 22.2 Å². The predicted molar refractivity (Wildman–Crippen MR) is 134 cm³/mol. The molecule has 2 aromatic carbocycles. The number of aromatic amines is 1. The van der Waals surface area contributed by atoms with Crippen LogP contribution in [0.5, 0.6) is 0 Å². The van der Waals surface area contributed by atoms with Gasteiger partial charge in [0.25, 0.3) is 0 Å². The maximum Gasteiger partial charge on any atom is 0.245 e. The number of hydrogen-bond donors (Lipinski definition) is 2. The first-order valence-electron chi connectivity index (χ1n) is 12.6. The Bertz CT molecular complexity index is 1180. The average Bonchev–Trinajstić information content (AvgIpc) is 3.38. The van der Waals surface area contributed by atoms with Crippen molar-refractivity contribution in [3.05, 3.63) is 89.5 Å². The van der Waals surface area contributed by atoms with Crippen LogP contribution in [0, 0.1) is 11.6 Å². The summed E-state index contributed by atoms with van der Waals surface area (Å²) in [6, 6.07) is 11.3. The molecular formula is C28H32F2N4O3. The summed E-state index contributed by atoms with van der Waals surface area (Å²) in [6.45, 7) is 3.15. The highest BCUT2D eigenvalue weighted by Gasteiger charge is 2.49. The molecule has 0 spiro atoms. The van der Waals surface area contributed by atoms with Gasteiger partial charge in [-0.05, 0) is 48.2 Å². The molecule has 2 heterocycles. The Balaban J connectivity index is 1.47. The van der Waals surface area contributed by atoms with Crippen LogP contribution in [0.2, 0.25) is 0 Å². The second-order valence-electron chi connectivity index (χ2n) is 9.43. The van der Waals surface area contributed by atoms with E-state index in [0.29, 0.717) is 18.6 Å². The zero-order valence-corrected chi connectivity index (χ0v) is 20.9. The van der Waals surface area contributed by atoms with Crippen LogP contribution < -0.4 is 5.32 Å². The van der Waals surface area contributed by atoms with E-state index < -0.39 is 17.5 Å². The molecule has 37 heavy (non-hydrogen) atoms. The van der Waals surface area contributed by atoms with Crippen LogP contribution in [-0.4, -0.2) is 52.4 Å². The van der Waals surface area contributed by atoms with Gasteiger partial charge in [0.15, 0.2) is 0 Å². The fraction of sp³-hybridized carbons (Fsp3) is 0.393. The third-order valence-electron chi connectivity index (χ3n) is 6.59. The summed E-state index contributed by atoms with van der Waals surface area (Å²) in [5.41, 5.74) is 1.50. The number of ether oxygens (including phenoxy) is 1. The van der Waals surface area contributed by atoms with E-state index in [1.807, 2.05) is 0 Å². The number of H-pyrrole nitrogens is 1. The molecule has 1 aliphatic rings. The van der Waals surface area contributed by atoms with E-state index in [4.69, 9.17) is 4.74 Å². The van der Waals surface area contributed by atoms with Crippen molar-refractivity contribution in [3.8, 4) is 0 Å². The van der Waals surface area contributed by atoms with Gasteiger partial charge in [0.2, 0.25) is 11.8 Å². The van der Waals surface area contributed by atoms with Crippen LogP contribution in [0.25, 0.3) is 0 Å². The van der Waals surface area contributed by atoms with Gasteiger partial charge < -0.3 is 19.9 Å². The molecule has 1 aliphatic heterocycles. The lowest BCUT2D eigenvalue weighted by Crippen LogP contribution is -2.66. The Morgan fingerprint density at radius 3 is 2.62 bits per heavy atom. The lowest BCUT2D eigenvalue weighted by molar-refractivity contribution is -0.175. The number of amides is 2. The van der Waals surface area contributed by atoms with E-state index in [1.54, 1.807) is 41.7 Å². The lowest BCUT2D eigenvalue weighted by atomic mass is 9.84. The Morgan fingerprint density at radius 2 is 1.95 bits per heavy atom. The third kappa shape index (κ3) is 6.80. The Morgan fingerprint density at radius 1 is 1.16 bits per heavy atom. The summed E-state index contributed by atoms with van der Waals surface area (Å²) in [5, 5.41) is 2.85. The third-order valence-corrected chi connectivity index (χ3v) is 6.59. The maximum absolute atomic E-state index is 13.8. The smallest absolute Gasteiger partial charge is 0.245 e. The first-order valence-corrected chi connectivity index (χ1v) is 12.6. The van der Waals surface area contributed by atoms with Crippen LogP contribution in [0.4, 0.5) is 8.78 Å². The van der Waals surface area contributed by atoms with E-state index in [9.17, 15) is 18.4 Å². The van der Waals surface area contributed by atoms with Gasteiger partial charge in [0, 0.05) is 31.3 Å². The van der Waals surface area contributed by atoms with Gasteiger partial charge in [-0.15, -0.1) is 0 Å². The molecule has 4 rings (SSSR count). The van der Waals surface area contributed by atoms with E-state index in [-0.39, 0.29) is 43.6 Å². The SMILES string of the molecule is CCCCOC1(c2ccc(F)cc2)CN(C(=O)[C@@H](Cc2cccc(F)c2)NC(=O)CCc2cnc[nH]2)C1. The predicted octanol–water partition coefficient (Wildman–Crippen LogP) is 3.90. The number of nitrogens with one attached hydrogen (secondary N) is 2. The standard InChI is InChI=1S/C28H32F2N4O3/c1-2-3-13-37-28(21-7-9-22(29)10-8-21)17-34(18-28)27(36)25(15-20-5-4-6-23(30)14-20)33-26(35)12-11-24-16-31-19-32-24/h4-10,14,16,19,25H,2-3,11-13,15,17-18H2,1H3,(H,31,32)(H,33,35)/t25-/m1/s1. The molecule has 1 atom stereocenters. The van der Waals surface area contributed by atoms with Gasteiger partial charge in [-0.1, -0.05) is 37.6 Å². The number of carbonyl (C=O) groups excluding carboxylic acids is 2. The molecule has 1 fully saturated rings. The first-order chi connectivity index (χ1) is 17.9. The highest BCUT2D eigenvalue weighted by molar-refractivity contribution is 5.88. The second-order valence-corrected chi connectivity index (χ2v) is 9.43. The molecule has 7 nitrogen and oxygen atoms in total. The molecule has 1 saturated heterocycles. The minimum atomic E-state index is -0.863. The number of halogens is 2. The van der Waals surface area contributed by atoms with Crippen LogP contribution in [-0.2, 0) is 32.8 Å². The van der Waals surface area contributed by atoms with Crippen LogP contribution in [0.3, 0.4) is 0 Å². The molecule has 2 amide bonds. The normalized spacial score (nSPS) is 15.2. The van der Waals surface area contributed by atoms with Crippen molar-refractivity contribution in [2.75, 3.05) is 19.7 Å². The van der Waals surface area contributed by atoms with Crippen molar-refractivity contribution in [2.45, 2.75) is 50.7 Å². The number of hydrogen-bond acceptors (Lipinski definition) is 4. The van der Waals surface area contributed by atoms with Crippen molar-refractivity contribution in [1.82, 2.24) is 20.2 Å². The van der Waals surface area contributed by atoms with Crippen molar-refractivity contribution in [1.29, 1.82) is 0 Å². The molecule has 0 aliphatic carbocycles. The zero-order valence-electron chi connectivity index (χ0n) is 20.9. The molecular weight excluding hydrogens is 478 g/mol. The second kappa shape index (κ2) is 12.1. The Kier molecular flexibility index (Phi) is 8.66.